The summed E-state index contributed by atoms with van der Waals surface area (Å²) in [5.74, 6) is 4.40. The predicted molar refractivity (Wildman–Crippen MR) is 74.8 cm³/mol. The molecule has 0 bridgehead atoms. The Hall–Kier alpha value is -2.80. The van der Waals surface area contributed by atoms with E-state index in [9.17, 15) is 9.18 Å². The number of nitrogens with two attached hydrogens (primary N) is 1. The normalized spacial score (nSPS) is 10.8. The summed E-state index contributed by atoms with van der Waals surface area (Å²) in [5.41, 5.74) is 4.89. The molecule has 7 heteroatoms. The van der Waals surface area contributed by atoms with Crippen LogP contribution in [0, 0.1) is 12.7 Å². The molecule has 3 rings (SSSR count). The molecule has 0 spiro atoms. The maximum Gasteiger partial charge on any atom is 0.283 e. The molecule has 1 aromatic carbocycles. The zero-order chi connectivity index (χ0) is 15.0. The van der Waals surface area contributed by atoms with Crippen LogP contribution in [-0.4, -0.2) is 20.5 Å². The van der Waals surface area contributed by atoms with Crippen LogP contribution in [0.3, 0.4) is 0 Å². The average Bonchev–Trinajstić information content (AvgIpc) is 2.89. The van der Waals surface area contributed by atoms with Crippen LogP contribution in [0.4, 0.5) is 4.39 Å². The lowest BCUT2D eigenvalue weighted by Gasteiger charge is -2.03. The summed E-state index contributed by atoms with van der Waals surface area (Å²) in [7, 11) is 0. The van der Waals surface area contributed by atoms with Crippen LogP contribution in [0.1, 0.15) is 16.2 Å². The Morgan fingerprint density at radius 3 is 2.67 bits per heavy atom. The van der Waals surface area contributed by atoms with Gasteiger partial charge in [-0.3, -0.25) is 10.2 Å². The molecule has 21 heavy (non-hydrogen) atoms. The van der Waals surface area contributed by atoms with Gasteiger partial charge in [-0.05, 0) is 37.3 Å². The van der Waals surface area contributed by atoms with E-state index < -0.39 is 5.91 Å². The molecule has 3 aromatic rings. The minimum absolute atomic E-state index is 0.286. The van der Waals surface area contributed by atoms with Crippen LogP contribution < -0.4 is 11.3 Å². The first-order valence-electron chi connectivity index (χ1n) is 6.23. The molecule has 0 aliphatic carbocycles. The smallest absolute Gasteiger partial charge is 0.283 e. The molecule has 2 heterocycles. The minimum atomic E-state index is -0.459. The van der Waals surface area contributed by atoms with Gasteiger partial charge in [-0.1, -0.05) is 0 Å². The summed E-state index contributed by atoms with van der Waals surface area (Å²) < 4.78 is 14.4. The quantitative estimate of drug-likeness (QED) is 0.424. The van der Waals surface area contributed by atoms with E-state index in [1.165, 1.54) is 16.6 Å². The third kappa shape index (κ3) is 2.34. The van der Waals surface area contributed by atoms with Crippen molar-refractivity contribution in [1.82, 2.24) is 20.0 Å². The van der Waals surface area contributed by atoms with Crippen molar-refractivity contribution in [3.8, 4) is 11.3 Å². The van der Waals surface area contributed by atoms with Gasteiger partial charge in [0.1, 0.15) is 11.5 Å². The van der Waals surface area contributed by atoms with Gasteiger partial charge in [0.2, 0.25) is 0 Å². The zero-order valence-electron chi connectivity index (χ0n) is 11.2. The third-order valence-electron chi connectivity index (χ3n) is 3.06. The molecule has 0 fully saturated rings. The highest BCUT2D eigenvalue weighted by Crippen LogP contribution is 2.20. The van der Waals surface area contributed by atoms with Crippen molar-refractivity contribution in [3.63, 3.8) is 0 Å². The van der Waals surface area contributed by atoms with Gasteiger partial charge in [0.15, 0.2) is 5.65 Å². The summed E-state index contributed by atoms with van der Waals surface area (Å²) in [4.78, 5) is 16.1. The molecule has 0 saturated heterocycles. The van der Waals surface area contributed by atoms with E-state index in [1.54, 1.807) is 31.2 Å². The third-order valence-corrected chi connectivity index (χ3v) is 3.06. The molecule has 3 N–H and O–H groups in total. The number of benzene rings is 1. The van der Waals surface area contributed by atoms with Crippen LogP contribution in [0.15, 0.2) is 36.4 Å². The van der Waals surface area contributed by atoms with E-state index >= 15 is 0 Å². The first kappa shape index (κ1) is 13.2. The zero-order valence-corrected chi connectivity index (χ0v) is 11.2. The summed E-state index contributed by atoms with van der Waals surface area (Å²) >= 11 is 0. The summed E-state index contributed by atoms with van der Waals surface area (Å²) in [6.07, 6.45) is 0. The topological polar surface area (TPSA) is 85.3 Å². The molecular formula is C14H12FN5O. The van der Waals surface area contributed by atoms with Crippen molar-refractivity contribution >= 4 is 11.6 Å². The maximum absolute atomic E-state index is 13.0. The number of hydrogen-bond donors (Lipinski definition) is 2. The van der Waals surface area contributed by atoms with Gasteiger partial charge in [-0.25, -0.2) is 19.7 Å². The minimum Gasteiger partial charge on any atom is -0.289 e. The fourth-order valence-corrected chi connectivity index (χ4v) is 2.10. The number of nitrogen functional groups attached to an aromatic ring is 1. The first-order chi connectivity index (χ1) is 10.1. The van der Waals surface area contributed by atoms with Gasteiger partial charge in [0, 0.05) is 17.3 Å². The number of aromatic nitrogens is 3. The van der Waals surface area contributed by atoms with Gasteiger partial charge in [-0.2, -0.15) is 5.10 Å². The van der Waals surface area contributed by atoms with Crippen LogP contribution >= 0.6 is 0 Å². The van der Waals surface area contributed by atoms with E-state index in [4.69, 9.17) is 5.84 Å². The summed E-state index contributed by atoms with van der Waals surface area (Å²) in [5, 5.41) is 4.34. The lowest BCUT2D eigenvalue weighted by atomic mass is 10.1. The van der Waals surface area contributed by atoms with E-state index in [0.29, 0.717) is 17.0 Å². The fraction of sp³-hybridized carbons (Fsp3) is 0.0714. The highest BCUT2D eigenvalue weighted by atomic mass is 19.1. The molecule has 0 aliphatic heterocycles. The number of hydrogen-bond acceptors (Lipinski definition) is 4. The van der Waals surface area contributed by atoms with Crippen molar-refractivity contribution in [3.05, 3.63) is 53.6 Å². The molecule has 1 amide bonds. The Bertz CT molecular complexity index is 825. The highest BCUT2D eigenvalue weighted by Gasteiger charge is 2.14. The number of fused-ring (bicyclic) bond motifs is 1. The van der Waals surface area contributed by atoms with Crippen LogP contribution in [0.5, 0.6) is 0 Å². The van der Waals surface area contributed by atoms with Crippen molar-refractivity contribution < 1.29 is 9.18 Å². The Balaban J connectivity index is 2.19. The number of carbonyl (C=O) groups is 1. The molecule has 6 nitrogen and oxygen atoms in total. The Kier molecular flexibility index (Phi) is 3.11. The van der Waals surface area contributed by atoms with Crippen LogP contribution in [-0.2, 0) is 0 Å². The summed E-state index contributed by atoms with van der Waals surface area (Å²) in [6.45, 7) is 1.78. The molecule has 2 aromatic heterocycles. The second-order valence-electron chi connectivity index (χ2n) is 4.56. The fourth-order valence-electron chi connectivity index (χ4n) is 2.10. The molecule has 0 radical (unpaired) electrons. The summed E-state index contributed by atoms with van der Waals surface area (Å²) in [6, 6.07) is 9.26. The number of aryl methyl sites for hydroxylation is 1. The number of nitrogens with zero attached hydrogens (tertiary/aromatic N) is 3. The lowest BCUT2D eigenvalue weighted by Crippen LogP contribution is -2.32. The van der Waals surface area contributed by atoms with Crippen molar-refractivity contribution in [1.29, 1.82) is 0 Å². The number of hydrazine groups is 1. The van der Waals surface area contributed by atoms with Gasteiger partial charge in [0.25, 0.3) is 5.91 Å². The van der Waals surface area contributed by atoms with Crippen molar-refractivity contribution in [2.24, 2.45) is 5.84 Å². The Morgan fingerprint density at radius 2 is 2.00 bits per heavy atom. The molecule has 106 valence electrons. The van der Waals surface area contributed by atoms with Crippen LogP contribution in [0.2, 0.25) is 0 Å². The predicted octanol–water partition coefficient (Wildman–Crippen LogP) is 1.45. The number of nitrogens with one attached hydrogen (secondary N) is 1. The Morgan fingerprint density at radius 1 is 1.29 bits per heavy atom. The highest BCUT2D eigenvalue weighted by molar-refractivity contribution is 5.92. The Labute approximate surface area is 119 Å². The number of carbonyl (C=O) groups excluding carboxylic acids is 1. The van der Waals surface area contributed by atoms with Crippen LogP contribution in [0.25, 0.3) is 16.9 Å². The van der Waals surface area contributed by atoms with E-state index in [1.807, 2.05) is 0 Å². The van der Waals surface area contributed by atoms with E-state index in [2.05, 4.69) is 15.5 Å². The molecular weight excluding hydrogens is 273 g/mol. The largest absolute Gasteiger partial charge is 0.289 e. The molecule has 0 atom stereocenters. The van der Waals surface area contributed by atoms with Gasteiger partial charge < -0.3 is 0 Å². The van der Waals surface area contributed by atoms with Crippen molar-refractivity contribution in [2.45, 2.75) is 6.92 Å². The maximum atomic E-state index is 13.0. The molecule has 0 saturated carbocycles. The molecule has 0 unspecified atom stereocenters. The van der Waals surface area contributed by atoms with E-state index in [-0.39, 0.29) is 11.5 Å². The van der Waals surface area contributed by atoms with Crippen molar-refractivity contribution in [2.75, 3.05) is 0 Å². The lowest BCUT2D eigenvalue weighted by molar-refractivity contribution is 0.0946. The second kappa shape index (κ2) is 4.95. The standard InChI is InChI=1S/C14H12FN5O/c1-8-6-12(14(21)18-16)20-13(17-8)7-11(19-20)9-2-4-10(15)5-3-9/h2-7H,16H2,1H3,(H,18,21). The first-order valence-corrected chi connectivity index (χ1v) is 6.23. The SMILES string of the molecule is Cc1cc(C(=O)NN)n2nc(-c3ccc(F)cc3)cc2n1. The monoisotopic (exact) mass is 285 g/mol. The number of amides is 1. The number of halogens is 1. The van der Waals surface area contributed by atoms with Gasteiger partial charge in [-0.15, -0.1) is 0 Å². The van der Waals surface area contributed by atoms with Gasteiger partial charge in [0.05, 0.1) is 5.69 Å². The molecule has 0 aliphatic rings. The average molecular weight is 285 g/mol. The van der Waals surface area contributed by atoms with Gasteiger partial charge >= 0.3 is 0 Å². The second-order valence-corrected chi connectivity index (χ2v) is 4.56. The number of rotatable bonds is 2. The van der Waals surface area contributed by atoms with E-state index in [0.717, 1.165) is 5.56 Å².